The number of aromatic nitrogens is 2. The Kier molecular flexibility index (Phi) is 3.85. The van der Waals surface area contributed by atoms with Gasteiger partial charge in [0, 0.05) is 25.2 Å². The van der Waals surface area contributed by atoms with Gasteiger partial charge in [-0.25, -0.2) is 0 Å². The minimum Gasteiger partial charge on any atom is -0.457 e. The molecule has 7 nitrogen and oxygen atoms in total. The fourth-order valence-electron chi connectivity index (χ4n) is 2.78. The van der Waals surface area contributed by atoms with E-state index in [1.807, 2.05) is 13.2 Å². The maximum Gasteiger partial charge on any atom is 0.310 e. The highest BCUT2D eigenvalue weighted by molar-refractivity contribution is 5.77. The summed E-state index contributed by atoms with van der Waals surface area (Å²) >= 11 is 0. The summed E-state index contributed by atoms with van der Waals surface area (Å²) in [4.78, 5) is 22.8. The highest BCUT2D eigenvalue weighted by Crippen LogP contribution is 2.48. The highest BCUT2D eigenvalue weighted by atomic mass is 16.6. The second kappa shape index (κ2) is 5.83. The summed E-state index contributed by atoms with van der Waals surface area (Å²) in [6, 6.07) is 6.31. The standard InChI is InChI=1S/C16H17N3O4/c1-10(12-5-3-4-6-15(12)19(21)22)23-16(20)14-7-13(14)11-8-17-18(2)9-11/h3-6,8-10,13-14H,7H2,1-2H3. The van der Waals surface area contributed by atoms with E-state index >= 15 is 0 Å². The van der Waals surface area contributed by atoms with Gasteiger partial charge in [-0.15, -0.1) is 0 Å². The van der Waals surface area contributed by atoms with Gasteiger partial charge < -0.3 is 4.74 Å². The van der Waals surface area contributed by atoms with Crippen LogP contribution in [-0.4, -0.2) is 20.7 Å². The lowest BCUT2D eigenvalue weighted by atomic mass is 10.1. The van der Waals surface area contributed by atoms with Crippen LogP contribution < -0.4 is 0 Å². The summed E-state index contributed by atoms with van der Waals surface area (Å²) in [5.41, 5.74) is 1.39. The zero-order chi connectivity index (χ0) is 16.6. The van der Waals surface area contributed by atoms with E-state index < -0.39 is 11.0 Å². The van der Waals surface area contributed by atoms with E-state index in [1.165, 1.54) is 6.07 Å². The van der Waals surface area contributed by atoms with Gasteiger partial charge in [-0.05, 0) is 25.0 Å². The van der Waals surface area contributed by atoms with Crippen molar-refractivity contribution < 1.29 is 14.5 Å². The number of hydrogen-bond acceptors (Lipinski definition) is 5. The molecule has 1 saturated carbocycles. The molecule has 120 valence electrons. The molecule has 1 aromatic heterocycles. The van der Waals surface area contributed by atoms with Crippen molar-refractivity contribution in [2.24, 2.45) is 13.0 Å². The number of para-hydroxylation sites is 1. The summed E-state index contributed by atoms with van der Waals surface area (Å²) in [5, 5.41) is 15.2. The lowest BCUT2D eigenvalue weighted by molar-refractivity contribution is -0.386. The molecule has 1 fully saturated rings. The van der Waals surface area contributed by atoms with Gasteiger partial charge in [-0.2, -0.15) is 5.10 Å². The molecule has 3 unspecified atom stereocenters. The molecule has 1 aliphatic rings. The van der Waals surface area contributed by atoms with Crippen LogP contribution in [-0.2, 0) is 16.6 Å². The molecule has 0 radical (unpaired) electrons. The summed E-state index contributed by atoms with van der Waals surface area (Å²) in [7, 11) is 1.83. The topological polar surface area (TPSA) is 87.3 Å². The number of rotatable bonds is 5. The first-order chi connectivity index (χ1) is 11.0. The van der Waals surface area contributed by atoms with Crippen molar-refractivity contribution in [3.63, 3.8) is 0 Å². The minimum absolute atomic E-state index is 0.0348. The van der Waals surface area contributed by atoms with Gasteiger partial charge in [0.05, 0.1) is 22.6 Å². The second-order valence-electron chi connectivity index (χ2n) is 5.79. The molecular formula is C16H17N3O4. The molecule has 1 aromatic carbocycles. The molecule has 1 heterocycles. The van der Waals surface area contributed by atoms with Crippen LogP contribution in [0.2, 0.25) is 0 Å². The number of esters is 1. The molecule has 1 aliphatic carbocycles. The molecule has 0 saturated heterocycles. The molecule has 0 aliphatic heterocycles. The van der Waals surface area contributed by atoms with Crippen LogP contribution >= 0.6 is 0 Å². The third-order valence-corrected chi connectivity index (χ3v) is 4.11. The molecule has 7 heteroatoms. The largest absolute Gasteiger partial charge is 0.457 e. The monoisotopic (exact) mass is 315 g/mol. The predicted molar refractivity (Wildman–Crippen MR) is 81.7 cm³/mol. The Labute approximate surface area is 133 Å². The molecule has 3 atom stereocenters. The van der Waals surface area contributed by atoms with E-state index in [4.69, 9.17) is 4.74 Å². The smallest absolute Gasteiger partial charge is 0.310 e. The van der Waals surface area contributed by atoms with Crippen LogP contribution in [0.5, 0.6) is 0 Å². The Morgan fingerprint density at radius 3 is 2.87 bits per heavy atom. The molecule has 0 bridgehead atoms. The van der Waals surface area contributed by atoms with Gasteiger partial charge in [-0.1, -0.05) is 12.1 Å². The Balaban J connectivity index is 1.66. The maximum atomic E-state index is 12.2. The van der Waals surface area contributed by atoms with Crippen LogP contribution in [0.25, 0.3) is 0 Å². The highest BCUT2D eigenvalue weighted by Gasteiger charge is 2.46. The maximum absolute atomic E-state index is 12.2. The van der Waals surface area contributed by atoms with Crippen molar-refractivity contribution in [1.82, 2.24) is 9.78 Å². The fraction of sp³-hybridized carbons (Fsp3) is 0.375. The van der Waals surface area contributed by atoms with E-state index in [0.29, 0.717) is 5.56 Å². The summed E-state index contributed by atoms with van der Waals surface area (Å²) in [5.74, 6) is -0.372. The average Bonchev–Trinajstić information content (AvgIpc) is 3.22. The normalized spacial score (nSPS) is 20.8. The van der Waals surface area contributed by atoms with Crippen molar-refractivity contribution in [2.75, 3.05) is 0 Å². The van der Waals surface area contributed by atoms with E-state index in [9.17, 15) is 14.9 Å². The van der Waals surface area contributed by atoms with Gasteiger partial charge in [0.2, 0.25) is 0 Å². The Morgan fingerprint density at radius 1 is 1.48 bits per heavy atom. The predicted octanol–water partition coefficient (Wildman–Crippen LogP) is 2.74. The van der Waals surface area contributed by atoms with Crippen LogP contribution in [0.3, 0.4) is 0 Å². The van der Waals surface area contributed by atoms with Crippen molar-refractivity contribution >= 4 is 11.7 Å². The van der Waals surface area contributed by atoms with Gasteiger partial charge in [0.1, 0.15) is 6.10 Å². The van der Waals surface area contributed by atoms with Crippen LogP contribution in [0.15, 0.2) is 36.7 Å². The van der Waals surface area contributed by atoms with Crippen LogP contribution in [0, 0.1) is 16.0 Å². The minimum atomic E-state index is -0.653. The molecule has 23 heavy (non-hydrogen) atoms. The molecule has 0 N–H and O–H groups in total. The first-order valence-electron chi connectivity index (χ1n) is 7.39. The zero-order valence-electron chi connectivity index (χ0n) is 12.9. The summed E-state index contributed by atoms with van der Waals surface area (Å²) < 4.78 is 7.14. The first-order valence-corrected chi connectivity index (χ1v) is 7.39. The Bertz CT molecular complexity index is 755. The van der Waals surface area contributed by atoms with E-state index in [0.717, 1.165) is 12.0 Å². The first kappa shape index (κ1) is 15.2. The van der Waals surface area contributed by atoms with Gasteiger partial charge in [0.15, 0.2) is 0 Å². The number of nitro groups is 1. The average molecular weight is 315 g/mol. The lowest BCUT2D eigenvalue weighted by Gasteiger charge is -2.13. The van der Waals surface area contributed by atoms with Gasteiger partial charge in [0.25, 0.3) is 5.69 Å². The molecule has 3 rings (SSSR count). The molecule has 0 spiro atoms. The van der Waals surface area contributed by atoms with Crippen molar-refractivity contribution in [3.05, 3.63) is 57.9 Å². The van der Waals surface area contributed by atoms with E-state index in [-0.39, 0.29) is 23.5 Å². The number of carbonyl (C=O) groups is 1. The van der Waals surface area contributed by atoms with E-state index in [2.05, 4.69) is 5.10 Å². The lowest BCUT2D eigenvalue weighted by Crippen LogP contribution is -2.12. The van der Waals surface area contributed by atoms with Crippen molar-refractivity contribution in [2.45, 2.75) is 25.4 Å². The molecule has 2 aromatic rings. The molecular weight excluding hydrogens is 298 g/mol. The van der Waals surface area contributed by atoms with Gasteiger partial charge in [-0.3, -0.25) is 19.6 Å². The Hall–Kier alpha value is -2.70. The number of carbonyl (C=O) groups excluding carboxylic acids is 1. The van der Waals surface area contributed by atoms with Crippen molar-refractivity contribution in [1.29, 1.82) is 0 Å². The number of nitro benzene ring substituents is 1. The number of aryl methyl sites for hydroxylation is 1. The Morgan fingerprint density at radius 2 is 2.22 bits per heavy atom. The SMILES string of the molecule is CC(OC(=O)C1CC1c1cnn(C)c1)c1ccccc1[N+](=O)[O-]. The second-order valence-corrected chi connectivity index (χ2v) is 5.79. The quantitative estimate of drug-likeness (QED) is 0.481. The number of nitrogens with zero attached hydrogens (tertiary/aromatic N) is 3. The third-order valence-electron chi connectivity index (χ3n) is 4.11. The van der Waals surface area contributed by atoms with Crippen LogP contribution in [0.4, 0.5) is 5.69 Å². The summed E-state index contributed by atoms with van der Waals surface area (Å²) in [6.45, 7) is 1.65. The third kappa shape index (κ3) is 3.08. The summed E-state index contributed by atoms with van der Waals surface area (Å²) in [6.07, 6.45) is 3.72. The number of ether oxygens (including phenoxy) is 1. The molecule has 0 amide bonds. The number of hydrogen-bond donors (Lipinski definition) is 0. The fourth-order valence-corrected chi connectivity index (χ4v) is 2.78. The van der Waals surface area contributed by atoms with Gasteiger partial charge >= 0.3 is 5.97 Å². The number of benzene rings is 1. The zero-order valence-corrected chi connectivity index (χ0v) is 12.9. The van der Waals surface area contributed by atoms with Crippen LogP contribution in [0.1, 0.15) is 36.5 Å². The van der Waals surface area contributed by atoms with E-state index in [1.54, 1.807) is 36.0 Å². The van der Waals surface area contributed by atoms with Crippen molar-refractivity contribution in [3.8, 4) is 0 Å².